The molecular weight excluding hydrogens is 286 g/mol. The molecule has 0 aromatic heterocycles. The lowest BCUT2D eigenvalue weighted by atomic mass is 9.89. The number of ether oxygens (including phenoxy) is 1. The van der Waals surface area contributed by atoms with Gasteiger partial charge < -0.3 is 4.74 Å². The van der Waals surface area contributed by atoms with E-state index in [2.05, 4.69) is 36.4 Å². The maximum absolute atomic E-state index is 12.8. The molecule has 2 aromatic rings. The Bertz CT molecular complexity index is 781. The van der Waals surface area contributed by atoms with E-state index in [0.29, 0.717) is 11.8 Å². The van der Waals surface area contributed by atoms with Crippen LogP contribution in [-0.2, 0) is 4.74 Å². The van der Waals surface area contributed by atoms with E-state index in [1.165, 1.54) is 28.3 Å². The zero-order valence-corrected chi connectivity index (χ0v) is 13.7. The standard InChI is InChI=1S/C20H21NO2/c1-20(2,3)23-19(22)21-17-13-8-11-6-4-5-7-12(11)9-14(13)18(21)16-10-15(16)17/h4-9,15-18H,10H2,1-3H3. The van der Waals surface area contributed by atoms with Crippen molar-refractivity contribution in [1.29, 1.82) is 0 Å². The first-order valence-electron chi connectivity index (χ1n) is 8.48. The highest BCUT2D eigenvalue weighted by Gasteiger charge is 2.66. The molecule has 1 aliphatic carbocycles. The zero-order chi connectivity index (χ0) is 15.9. The molecule has 4 unspecified atom stereocenters. The number of carbonyl (C=O) groups excluding carboxylic acids is 1. The second kappa shape index (κ2) is 4.08. The van der Waals surface area contributed by atoms with Crippen LogP contribution in [0.25, 0.3) is 10.8 Å². The average molecular weight is 307 g/mol. The van der Waals surface area contributed by atoms with Crippen LogP contribution in [0.4, 0.5) is 4.79 Å². The summed E-state index contributed by atoms with van der Waals surface area (Å²) in [5.74, 6) is 1.28. The van der Waals surface area contributed by atoms with Crippen molar-refractivity contribution in [2.75, 3.05) is 0 Å². The van der Waals surface area contributed by atoms with Gasteiger partial charge in [0.1, 0.15) is 5.60 Å². The van der Waals surface area contributed by atoms with Crippen LogP contribution in [0.1, 0.15) is 50.4 Å². The first kappa shape index (κ1) is 13.4. The fraction of sp³-hybridized carbons (Fsp3) is 0.450. The van der Waals surface area contributed by atoms with Crippen LogP contribution in [0.5, 0.6) is 0 Å². The molecule has 1 saturated heterocycles. The van der Waals surface area contributed by atoms with E-state index in [0.717, 1.165) is 0 Å². The lowest BCUT2D eigenvalue weighted by molar-refractivity contribution is 0.0134. The molecule has 0 spiro atoms. The Hall–Kier alpha value is -2.03. The highest BCUT2D eigenvalue weighted by atomic mass is 16.6. The van der Waals surface area contributed by atoms with Gasteiger partial charge in [-0.1, -0.05) is 24.3 Å². The monoisotopic (exact) mass is 307 g/mol. The normalized spacial score (nSPS) is 30.3. The molecule has 2 aromatic carbocycles. The van der Waals surface area contributed by atoms with Gasteiger partial charge in [-0.15, -0.1) is 0 Å². The van der Waals surface area contributed by atoms with Gasteiger partial charge in [0, 0.05) is 0 Å². The van der Waals surface area contributed by atoms with Gasteiger partial charge in [-0.2, -0.15) is 0 Å². The van der Waals surface area contributed by atoms with Crippen molar-refractivity contribution in [3.05, 3.63) is 47.5 Å². The SMILES string of the molecule is CC(C)(C)OC(=O)N1C2c3cc4ccccc4cc3C1C1CC12. The number of hydrogen-bond donors (Lipinski definition) is 0. The number of piperidine rings is 1. The smallest absolute Gasteiger partial charge is 0.411 e. The summed E-state index contributed by atoms with van der Waals surface area (Å²) in [6.07, 6.45) is 1.10. The quantitative estimate of drug-likeness (QED) is 0.698. The maximum atomic E-state index is 12.8. The second-order valence-electron chi connectivity index (χ2n) is 8.17. The van der Waals surface area contributed by atoms with E-state index in [9.17, 15) is 4.79 Å². The van der Waals surface area contributed by atoms with E-state index in [-0.39, 0.29) is 18.2 Å². The zero-order valence-electron chi connectivity index (χ0n) is 13.7. The van der Waals surface area contributed by atoms with Gasteiger partial charge in [-0.3, -0.25) is 4.90 Å². The number of hydrogen-bond acceptors (Lipinski definition) is 2. The lowest BCUT2D eigenvalue weighted by Crippen LogP contribution is -2.36. The molecule has 3 heteroatoms. The van der Waals surface area contributed by atoms with Gasteiger partial charge in [0.05, 0.1) is 12.1 Å². The largest absolute Gasteiger partial charge is 0.444 e. The number of benzene rings is 2. The molecule has 2 bridgehead atoms. The molecule has 2 heterocycles. The van der Waals surface area contributed by atoms with Crippen molar-refractivity contribution >= 4 is 16.9 Å². The molecule has 5 rings (SSSR count). The van der Waals surface area contributed by atoms with Crippen LogP contribution >= 0.6 is 0 Å². The van der Waals surface area contributed by atoms with Gasteiger partial charge in [0.15, 0.2) is 0 Å². The van der Waals surface area contributed by atoms with Gasteiger partial charge in [0.25, 0.3) is 0 Å². The van der Waals surface area contributed by atoms with Crippen LogP contribution in [0.2, 0.25) is 0 Å². The Labute approximate surface area is 136 Å². The van der Waals surface area contributed by atoms with Crippen LogP contribution < -0.4 is 0 Å². The molecule has 3 aliphatic rings. The van der Waals surface area contributed by atoms with E-state index in [1.807, 2.05) is 25.7 Å². The second-order valence-corrected chi connectivity index (χ2v) is 8.17. The summed E-state index contributed by atoms with van der Waals surface area (Å²) >= 11 is 0. The van der Waals surface area contributed by atoms with Crippen molar-refractivity contribution in [2.24, 2.45) is 11.8 Å². The molecule has 4 atom stereocenters. The van der Waals surface area contributed by atoms with Gasteiger partial charge >= 0.3 is 6.09 Å². The summed E-state index contributed by atoms with van der Waals surface area (Å²) in [6, 6.07) is 13.5. The van der Waals surface area contributed by atoms with Crippen LogP contribution in [0.3, 0.4) is 0 Å². The van der Waals surface area contributed by atoms with Gasteiger partial charge in [0.2, 0.25) is 0 Å². The molecule has 0 radical (unpaired) electrons. The minimum atomic E-state index is -0.444. The fourth-order valence-corrected chi connectivity index (χ4v) is 4.64. The Morgan fingerprint density at radius 2 is 1.57 bits per heavy atom. The van der Waals surface area contributed by atoms with Crippen molar-refractivity contribution in [3.8, 4) is 0 Å². The molecule has 1 saturated carbocycles. The predicted molar refractivity (Wildman–Crippen MR) is 89.1 cm³/mol. The molecule has 118 valence electrons. The number of carbonyl (C=O) groups is 1. The Balaban J connectivity index is 1.60. The average Bonchev–Trinajstić information content (AvgIpc) is 3.12. The van der Waals surface area contributed by atoms with Crippen LogP contribution in [0, 0.1) is 11.8 Å². The first-order valence-corrected chi connectivity index (χ1v) is 8.48. The minimum Gasteiger partial charge on any atom is -0.444 e. The number of nitrogens with zero attached hydrogens (tertiary/aromatic N) is 1. The maximum Gasteiger partial charge on any atom is 0.411 e. The van der Waals surface area contributed by atoms with Crippen molar-refractivity contribution in [2.45, 2.75) is 44.9 Å². The summed E-state index contributed by atoms with van der Waals surface area (Å²) in [5, 5.41) is 2.53. The van der Waals surface area contributed by atoms with Crippen molar-refractivity contribution < 1.29 is 9.53 Å². The first-order chi connectivity index (χ1) is 10.9. The van der Waals surface area contributed by atoms with E-state index < -0.39 is 5.60 Å². The molecule has 2 fully saturated rings. The molecule has 23 heavy (non-hydrogen) atoms. The number of amides is 1. The topological polar surface area (TPSA) is 29.5 Å². The molecular formula is C20H21NO2. The van der Waals surface area contributed by atoms with E-state index >= 15 is 0 Å². The lowest BCUT2D eigenvalue weighted by Gasteiger charge is -2.29. The third-order valence-corrected chi connectivity index (χ3v) is 5.49. The molecule has 3 nitrogen and oxygen atoms in total. The van der Waals surface area contributed by atoms with Gasteiger partial charge in [-0.05, 0) is 73.1 Å². The number of fused-ring (bicyclic) bond motifs is 9. The summed E-state index contributed by atoms with van der Waals surface area (Å²) in [5.41, 5.74) is 2.25. The highest BCUT2D eigenvalue weighted by Crippen LogP contribution is 2.71. The van der Waals surface area contributed by atoms with E-state index in [1.54, 1.807) is 0 Å². The summed E-state index contributed by atoms with van der Waals surface area (Å²) in [6.45, 7) is 5.81. The highest BCUT2D eigenvalue weighted by molar-refractivity contribution is 5.86. The molecule has 1 amide bonds. The predicted octanol–water partition coefficient (Wildman–Crippen LogP) is 4.82. The molecule has 0 N–H and O–H groups in total. The third-order valence-electron chi connectivity index (χ3n) is 5.49. The van der Waals surface area contributed by atoms with Crippen LogP contribution in [-0.4, -0.2) is 16.6 Å². The summed E-state index contributed by atoms with van der Waals surface area (Å²) in [7, 11) is 0. The number of rotatable bonds is 0. The third kappa shape index (κ3) is 1.79. The van der Waals surface area contributed by atoms with Gasteiger partial charge in [-0.25, -0.2) is 4.79 Å². The Morgan fingerprint density at radius 3 is 2.04 bits per heavy atom. The summed E-state index contributed by atoms with van der Waals surface area (Å²) in [4.78, 5) is 14.8. The van der Waals surface area contributed by atoms with Crippen molar-refractivity contribution in [3.63, 3.8) is 0 Å². The Morgan fingerprint density at radius 1 is 1.04 bits per heavy atom. The fourth-order valence-electron chi connectivity index (χ4n) is 4.64. The Kier molecular flexibility index (Phi) is 2.38. The minimum absolute atomic E-state index is 0.153. The van der Waals surface area contributed by atoms with Crippen molar-refractivity contribution in [1.82, 2.24) is 4.90 Å². The molecule has 2 aliphatic heterocycles. The van der Waals surface area contributed by atoms with Crippen LogP contribution in [0.15, 0.2) is 36.4 Å². The summed E-state index contributed by atoms with van der Waals surface area (Å²) < 4.78 is 5.69. The van der Waals surface area contributed by atoms with E-state index in [4.69, 9.17) is 4.74 Å².